The van der Waals surface area contributed by atoms with Crippen LogP contribution in [0.5, 0.6) is 0 Å². The minimum absolute atomic E-state index is 0.173. The monoisotopic (exact) mass is 349 g/mol. The zero-order chi connectivity index (χ0) is 17.4. The third kappa shape index (κ3) is 4.30. The summed E-state index contributed by atoms with van der Waals surface area (Å²) in [5.74, 6) is 1.80. The maximum Gasteiger partial charge on any atom is 0.319 e. The second-order valence-corrected chi connectivity index (χ2v) is 9.38. The van der Waals surface area contributed by atoms with Crippen molar-refractivity contribution in [3.05, 3.63) is 0 Å². The van der Waals surface area contributed by atoms with E-state index in [9.17, 15) is 4.79 Å². The number of piperidine rings is 1. The normalized spacial score (nSPS) is 29.4. The Kier molecular flexibility index (Phi) is 4.98. The van der Waals surface area contributed by atoms with Gasteiger partial charge >= 0.3 is 6.03 Å². The summed E-state index contributed by atoms with van der Waals surface area (Å²) in [5, 5.41) is 0. The second kappa shape index (κ2) is 7.07. The number of amides is 2. The Morgan fingerprint density at radius 2 is 1.76 bits per heavy atom. The minimum atomic E-state index is 0.173. The number of carbonyl (C=O) groups is 1. The van der Waals surface area contributed by atoms with Crippen molar-refractivity contribution in [1.82, 2.24) is 14.7 Å². The molecular formula is C20H35N3O2. The molecule has 1 spiro atoms. The molecule has 2 amide bonds. The molecule has 0 bridgehead atoms. The van der Waals surface area contributed by atoms with Crippen molar-refractivity contribution in [2.75, 3.05) is 53.5 Å². The molecule has 0 aromatic rings. The Labute approximate surface area is 152 Å². The Hall–Kier alpha value is -0.810. The van der Waals surface area contributed by atoms with Gasteiger partial charge in [0.05, 0.1) is 6.61 Å². The van der Waals surface area contributed by atoms with Gasteiger partial charge in [0.1, 0.15) is 0 Å². The summed E-state index contributed by atoms with van der Waals surface area (Å²) in [7, 11) is 3.71. The first kappa shape index (κ1) is 17.6. The van der Waals surface area contributed by atoms with E-state index >= 15 is 0 Å². The summed E-state index contributed by atoms with van der Waals surface area (Å²) in [5.41, 5.74) is 0.422. The van der Waals surface area contributed by atoms with Crippen LogP contribution in [-0.2, 0) is 4.74 Å². The SMILES string of the molecule is CN(C)C(=O)N1CCC2(CC1)C[C@H](COCC1CC1)N(CC1CC1)C2. The second-order valence-electron chi connectivity index (χ2n) is 9.38. The van der Waals surface area contributed by atoms with Crippen molar-refractivity contribution in [2.45, 2.75) is 51.0 Å². The van der Waals surface area contributed by atoms with Gasteiger partial charge in [0.15, 0.2) is 0 Å². The van der Waals surface area contributed by atoms with Gasteiger partial charge in [0, 0.05) is 52.9 Å². The van der Waals surface area contributed by atoms with Crippen LogP contribution >= 0.6 is 0 Å². The number of hydrogen-bond donors (Lipinski definition) is 0. The first-order valence-corrected chi connectivity index (χ1v) is 10.3. The first-order chi connectivity index (χ1) is 12.0. The van der Waals surface area contributed by atoms with E-state index < -0.39 is 0 Å². The number of hydrogen-bond acceptors (Lipinski definition) is 3. The van der Waals surface area contributed by atoms with E-state index in [0.29, 0.717) is 11.5 Å². The van der Waals surface area contributed by atoms with E-state index in [1.54, 1.807) is 4.90 Å². The number of rotatable bonds is 6. The highest BCUT2D eigenvalue weighted by Crippen LogP contribution is 2.45. The van der Waals surface area contributed by atoms with Gasteiger partial charge < -0.3 is 14.5 Å². The molecule has 4 aliphatic rings. The summed E-state index contributed by atoms with van der Waals surface area (Å²) in [6, 6.07) is 0.780. The summed E-state index contributed by atoms with van der Waals surface area (Å²) in [4.78, 5) is 18.7. The van der Waals surface area contributed by atoms with E-state index in [-0.39, 0.29) is 6.03 Å². The van der Waals surface area contributed by atoms with Crippen LogP contribution < -0.4 is 0 Å². The number of carbonyl (C=O) groups excluding carboxylic acids is 1. The summed E-state index contributed by atoms with van der Waals surface area (Å²) in [6.45, 7) is 6.25. The molecule has 4 fully saturated rings. The molecule has 0 aromatic carbocycles. The fourth-order valence-corrected chi connectivity index (χ4v) is 4.74. The average molecular weight is 350 g/mol. The van der Waals surface area contributed by atoms with Crippen LogP contribution in [0.2, 0.25) is 0 Å². The summed E-state index contributed by atoms with van der Waals surface area (Å²) < 4.78 is 6.09. The number of ether oxygens (including phenoxy) is 1. The topological polar surface area (TPSA) is 36.0 Å². The summed E-state index contributed by atoms with van der Waals surface area (Å²) in [6.07, 6.45) is 9.18. The lowest BCUT2D eigenvalue weighted by Crippen LogP contribution is -2.47. The quantitative estimate of drug-likeness (QED) is 0.740. The van der Waals surface area contributed by atoms with Crippen LogP contribution in [-0.4, -0.2) is 80.3 Å². The lowest BCUT2D eigenvalue weighted by Gasteiger charge is -2.40. The molecule has 142 valence electrons. The average Bonchev–Trinajstić information content (AvgIpc) is 3.49. The Morgan fingerprint density at radius 3 is 2.36 bits per heavy atom. The Bertz CT molecular complexity index is 479. The Morgan fingerprint density at radius 1 is 1.08 bits per heavy atom. The van der Waals surface area contributed by atoms with Gasteiger partial charge in [-0.1, -0.05) is 0 Å². The van der Waals surface area contributed by atoms with E-state index in [1.807, 2.05) is 19.0 Å². The molecule has 25 heavy (non-hydrogen) atoms. The van der Waals surface area contributed by atoms with Crippen LogP contribution in [0.4, 0.5) is 4.79 Å². The van der Waals surface area contributed by atoms with Crippen molar-refractivity contribution < 1.29 is 9.53 Å². The summed E-state index contributed by atoms with van der Waals surface area (Å²) >= 11 is 0. The zero-order valence-electron chi connectivity index (χ0n) is 16.1. The van der Waals surface area contributed by atoms with Crippen LogP contribution in [0.25, 0.3) is 0 Å². The van der Waals surface area contributed by atoms with E-state index in [2.05, 4.69) is 4.90 Å². The zero-order valence-corrected chi connectivity index (χ0v) is 16.1. The highest BCUT2D eigenvalue weighted by atomic mass is 16.5. The number of nitrogens with zero attached hydrogens (tertiary/aromatic N) is 3. The molecule has 5 heteroatoms. The molecule has 5 nitrogen and oxygen atoms in total. The lowest BCUT2D eigenvalue weighted by molar-refractivity contribution is 0.0692. The minimum Gasteiger partial charge on any atom is -0.380 e. The third-order valence-electron chi connectivity index (χ3n) is 6.75. The van der Waals surface area contributed by atoms with Crippen molar-refractivity contribution >= 4 is 6.03 Å². The van der Waals surface area contributed by atoms with Crippen molar-refractivity contribution in [1.29, 1.82) is 0 Å². The van der Waals surface area contributed by atoms with Gasteiger partial charge in [-0.25, -0.2) is 4.79 Å². The molecule has 2 saturated heterocycles. The molecule has 2 aliphatic heterocycles. The molecule has 0 N–H and O–H groups in total. The van der Waals surface area contributed by atoms with Crippen LogP contribution in [0.3, 0.4) is 0 Å². The smallest absolute Gasteiger partial charge is 0.319 e. The van der Waals surface area contributed by atoms with Crippen molar-refractivity contribution in [3.63, 3.8) is 0 Å². The maximum atomic E-state index is 12.2. The van der Waals surface area contributed by atoms with Crippen LogP contribution in [0, 0.1) is 17.3 Å². The van der Waals surface area contributed by atoms with Gasteiger partial charge in [-0.2, -0.15) is 0 Å². The van der Waals surface area contributed by atoms with Crippen LogP contribution in [0.1, 0.15) is 44.9 Å². The van der Waals surface area contributed by atoms with E-state index in [1.165, 1.54) is 45.2 Å². The van der Waals surface area contributed by atoms with Gasteiger partial charge in [-0.3, -0.25) is 4.90 Å². The largest absolute Gasteiger partial charge is 0.380 e. The Balaban J connectivity index is 1.32. The fourth-order valence-electron chi connectivity index (χ4n) is 4.74. The molecule has 2 saturated carbocycles. The fraction of sp³-hybridized carbons (Fsp3) is 0.950. The van der Waals surface area contributed by atoms with Crippen molar-refractivity contribution in [3.8, 4) is 0 Å². The van der Waals surface area contributed by atoms with Crippen molar-refractivity contribution in [2.24, 2.45) is 17.3 Å². The standard InChI is InChI=1S/C20H35N3O2/c1-21(2)19(24)22-9-7-20(8-10-22)11-18(14-25-13-17-5-6-17)23(15-20)12-16-3-4-16/h16-18H,3-15H2,1-2H3/t18-/m1/s1. The molecule has 4 rings (SSSR count). The van der Waals surface area contributed by atoms with Crippen LogP contribution in [0.15, 0.2) is 0 Å². The molecule has 2 heterocycles. The van der Waals surface area contributed by atoms with Gasteiger partial charge in [0.25, 0.3) is 0 Å². The van der Waals surface area contributed by atoms with E-state index in [4.69, 9.17) is 4.74 Å². The number of urea groups is 1. The molecule has 0 radical (unpaired) electrons. The van der Waals surface area contributed by atoms with Gasteiger partial charge in [-0.05, 0) is 62.2 Å². The lowest BCUT2D eigenvalue weighted by atomic mass is 9.76. The number of likely N-dealkylation sites (tertiary alicyclic amines) is 2. The molecule has 1 atom stereocenters. The molecule has 0 aromatic heterocycles. The van der Waals surface area contributed by atoms with Gasteiger partial charge in [0.2, 0.25) is 0 Å². The third-order valence-corrected chi connectivity index (χ3v) is 6.75. The predicted molar refractivity (Wildman–Crippen MR) is 98.6 cm³/mol. The van der Waals surface area contributed by atoms with Gasteiger partial charge in [-0.15, -0.1) is 0 Å². The molecular weight excluding hydrogens is 314 g/mol. The predicted octanol–water partition coefficient (Wildman–Crippen LogP) is 2.66. The van der Waals surface area contributed by atoms with E-state index in [0.717, 1.165) is 51.0 Å². The molecule has 0 unspecified atom stereocenters. The highest BCUT2D eigenvalue weighted by molar-refractivity contribution is 5.73. The molecule has 2 aliphatic carbocycles. The maximum absolute atomic E-state index is 12.2. The highest BCUT2D eigenvalue weighted by Gasteiger charge is 2.47. The first-order valence-electron chi connectivity index (χ1n) is 10.3.